The fourth-order valence-electron chi connectivity index (χ4n) is 1.99. The van der Waals surface area contributed by atoms with Crippen LogP contribution in [-0.4, -0.2) is 39.3 Å². The SMILES string of the molecule is CN=C(NCC(C)c1ccsc1)NCC1(C)COC1.I. The standard InChI is InChI=1S/C14H23N3OS.HI/c1-11(12-4-5-19-7-12)6-16-13(15-3)17-8-14(2)9-18-10-14;/h4-5,7,11H,6,8-10H2,1-3H3,(H2,15,16,17);1H. The second-order valence-electron chi connectivity index (χ2n) is 5.57. The number of thiophene rings is 1. The Hall–Kier alpha value is -0.340. The molecule has 1 aliphatic heterocycles. The molecule has 4 nitrogen and oxygen atoms in total. The summed E-state index contributed by atoms with van der Waals surface area (Å²) in [7, 11) is 1.81. The highest BCUT2D eigenvalue weighted by atomic mass is 127. The van der Waals surface area contributed by atoms with Crippen molar-refractivity contribution in [2.75, 3.05) is 33.4 Å². The highest BCUT2D eigenvalue weighted by molar-refractivity contribution is 14.0. The third-order valence-electron chi connectivity index (χ3n) is 3.50. The quantitative estimate of drug-likeness (QED) is 0.447. The molecule has 2 heterocycles. The lowest BCUT2D eigenvalue weighted by atomic mass is 9.89. The summed E-state index contributed by atoms with van der Waals surface area (Å²) >= 11 is 1.74. The van der Waals surface area contributed by atoms with E-state index in [2.05, 4.69) is 46.3 Å². The minimum atomic E-state index is 0. The first-order valence-corrected chi connectivity index (χ1v) is 7.62. The van der Waals surface area contributed by atoms with Crippen molar-refractivity contribution in [3.63, 3.8) is 0 Å². The Kier molecular flexibility index (Phi) is 7.25. The summed E-state index contributed by atoms with van der Waals surface area (Å²) in [5.74, 6) is 1.36. The van der Waals surface area contributed by atoms with Crippen molar-refractivity contribution >= 4 is 41.3 Å². The van der Waals surface area contributed by atoms with Gasteiger partial charge in [0.2, 0.25) is 0 Å². The molecule has 1 saturated heterocycles. The number of aliphatic imine (C=N–C) groups is 1. The number of hydrogen-bond donors (Lipinski definition) is 2. The van der Waals surface area contributed by atoms with Gasteiger partial charge in [0.25, 0.3) is 0 Å². The van der Waals surface area contributed by atoms with Gasteiger partial charge in [-0.25, -0.2) is 0 Å². The van der Waals surface area contributed by atoms with E-state index < -0.39 is 0 Å². The monoisotopic (exact) mass is 409 g/mol. The van der Waals surface area contributed by atoms with Crippen LogP contribution in [0.1, 0.15) is 25.3 Å². The second kappa shape index (κ2) is 8.19. The lowest BCUT2D eigenvalue weighted by molar-refractivity contribution is -0.0971. The molecule has 0 amide bonds. The smallest absolute Gasteiger partial charge is 0.191 e. The third-order valence-corrected chi connectivity index (χ3v) is 4.20. The van der Waals surface area contributed by atoms with Gasteiger partial charge in [0, 0.05) is 25.6 Å². The molecule has 1 aliphatic rings. The maximum Gasteiger partial charge on any atom is 0.191 e. The summed E-state index contributed by atoms with van der Waals surface area (Å²) in [5, 5.41) is 11.1. The Morgan fingerprint density at radius 2 is 2.25 bits per heavy atom. The Balaban J connectivity index is 0.00000200. The van der Waals surface area contributed by atoms with Crippen LogP contribution in [0, 0.1) is 5.41 Å². The molecule has 114 valence electrons. The molecule has 1 aromatic rings. The van der Waals surface area contributed by atoms with Gasteiger partial charge < -0.3 is 15.4 Å². The van der Waals surface area contributed by atoms with Crippen molar-refractivity contribution in [1.29, 1.82) is 0 Å². The molecule has 1 unspecified atom stereocenters. The molecular weight excluding hydrogens is 385 g/mol. The average Bonchev–Trinajstić information content (AvgIpc) is 2.90. The molecule has 0 radical (unpaired) electrons. The van der Waals surface area contributed by atoms with E-state index in [0.29, 0.717) is 5.92 Å². The van der Waals surface area contributed by atoms with E-state index in [9.17, 15) is 0 Å². The summed E-state index contributed by atoms with van der Waals surface area (Å²) in [5.41, 5.74) is 1.64. The van der Waals surface area contributed by atoms with Crippen LogP contribution in [0.3, 0.4) is 0 Å². The maximum atomic E-state index is 5.25. The average molecular weight is 409 g/mol. The zero-order valence-corrected chi connectivity index (χ0v) is 15.5. The number of hydrogen-bond acceptors (Lipinski definition) is 3. The number of guanidine groups is 1. The minimum absolute atomic E-state index is 0. The van der Waals surface area contributed by atoms with Gasteiger partial charge in [0.05, 0.1) is 13.2 Å². The van der Waals surface area contributed by atoms with Crippen molar-refractivity contribution in [3.05, 3.63) is 22.4 Å². The van der Waals surface area contributed by atoms with Gasteiger partial charge >= 0.3 is 0 Å². The molecule has 0 bridgehead atoms. The van der Waals surface area contributed by atoms with E-state index in [-0.39, 0.29) is 29.4 Å². The zero-order valence-electron chi connectivity index (χ0n) is 12.3. The van der Waals surface area contributed by atoms with Gasteiger partial charge in [-0.15, -0.1) is 24.0 Å². The van der Waals surface area contributed by atoms with Gasteiger partial charge in [-0.3, -0.25) is 4.99 Å². The minimum Gasteiger partial charge on any atom is -0.380 e. The Morgan fingerprint density at radius 1 is 1.50 bits per heavy atom. The fourth-order valence-corrected chi connectivity index (χ4v) is 2.78. The highest BCUT2D eigenvalue weighted by Gasteiger charge is 2.33. The fraction of sp³-hybridized carbons (Fsp3) is 0.643. The van der Waals surface area contributed by atoms with Crippen LogP contribution in [0.4, 0.5) is 0 Å². The first-order valence-electron chi connectivity index (χ1n) is 6.67. The van der Waals surface area contributed by atoms with Crippen molar-refractivity contribution in [3.8, 4) is 0 Å². The molecule has 0 aliphatic carbocycles. The molecule has 6 heteroatoms. The van der Waals surface area contributed by atoms with Crippen molar-refractivity contribution in [2.45, 2.75) is 19.8 Å². The normalized spacial score (nSPS) is 18.6. The summed E-state index contributed by atoms with van der Waals surface area (Å²) in [6.07, 6.45) is 0. The molecule has 2 N–H and O–H groups in total. The van der Waals surface area contributed by atoms with Gasteiger partial charge in [-0.05, 0) is 28.3 Å². The molecule has 0 saturated carbocycles. The predicted octanol–water partition coefficient (Wildman–Crippen LogP) is 2.67. The van der Waals surface area contributed by atoms with E-state index in [4.69, 9.17) is 4.74 Å². The molecule has 0 spiro atoms. The van der Waals surface area contributed by atoms with Gasteiger partial charge in [-0.2, -0.15) is 11.3 Å². The van der Waals surface area contributed by atoms with E-state index in [1.165, 1.54) is 5.56 Å². The first-order chi connectivity index (χ1) is 9.13. The van der Waals surface area contributed by atoms with Crippen molar-refractivity contribution < 1.29 is 4.74 Å². The molecule has 1 atom stereocenters. The van der Waals surface area contributed by atoms with Gasteiger partial charge in [0.15, 0.2) is 5.96 Å². The number of rotatable bonds is 5. The third kappa shape index (κ3) is 4.89. The van der Waals surface area contributed by atoms with Crippen molar-refractivity contribution in [2.24, 2.45) is 10.4 Å². The summed E-state index contributed by atoms with van der Waals surface area (Å²) < 4.78 is 5.25. The lowest BCUT2D eigenvalue weighted by Gasteiger charge is -2.38. The van der Waals surface area contributed by atoms with Crippen LogP contribution >= 0.6 is 35.3 Å². The highest BCUT2D eigenvalue weighted by Crippen LogP contribution is 2.25. The lowest BCUT2D eigenvalue weighted by Crippen LogP contribution is -2.51. The van der Waals surface area contributed by atoms with E-state index >= 15 is 0 Å². The van der Waals surface area contributed by atoms with Crippen molar-refractivity contribution in [1.82, 2.24) is 10.6 Å². The van der Waals surface area contributed by atoms with Gasteiger partial charge in [-0.1, -0.05) is 13.8 Å². The molecule has 20 heavy (non-hydrogen) atoms. The Bertz CT molecular complexity index is 418. The summed E-state index contributed by atoms with van der Waals surface area (Å²) in [6, 6.07) is 2.18. The largest absolute Gasteiger partial charge is 0.380 e. The van der Waals surface area contributed by atoms with E-state index in [1.54, 1.807) is 11.3 Å². The second-order valence-corrected chi connectivity index (χ2v) is 6.35. The number of halogens is 1. The summed E-state index contributed by atoms with van der Waals surface area (Å²) in [4.78, 5) is 4.26. The maximum absolute atomic E-state index is 5.25. The molecule has 2 rings (SSSR count). The van der Waals surface area contributed by atoms with Crippen LogP contribution in [0.25, 0.3) is 0 Å². The molecule has 1 aromatic heterocycles. The van der Waals surface area contributed by atoms with Crippen LogP contribution < -0.4 is 10.6 Å². The number of nitrogens with one attached hydrogen (secondary N) is 2. The Morgan fingerprint density at radius 3 is 2.75 bits per heavy atom. The van der Waals surface area contributed by atoms with Crippen LogP contribution in [-0.2, 0) is 4.74 Å². The first kappa shape index (κ1) is 17.7. The Labute approximate surface area is 142 Å². The van der Waals surface area contributed by atoms with Crippen LogP contribution in [0.15, 0.2) is 21.8 Å². The van der Waals surface area contributed by atoms with E-state index in [1.807, 2.05) is 7.05 Å². The molecule has 0 aromatic carbocycles. The predicted molar refractivity (Wildman–Crippen MR) is 96.4 cm³/mol. The summed E-state index contributed by atoms with van der Waals surface area (Å²) in [6.45, 7) is 7.92. The number of ether oxygens (including phenoxy) is 1. The van der Waals surface area contributed by atoms with Gasteiger partial charge in [0.1, 0.15) is 0 Å². The molecule has 1 fully saturated rings. The molecular formula is C14H24IN3OS. The van der Waals surface area contributed by atoms with Crippen LogP contribution in [0.2, 0.25) is 0 Å². The van der Waals surface area contributed by atoms with Crippen LogP contribution in [0.5, 0.6) is 0 Å². The zero-order chi connectivity index (χ0) is 13.7. The number of nitrogens with zero attached hydrogens (tertiary/aromatic N) is 1. The van der Waals surface area contributed by atoms with E-state index in [0.717, 1.165) is 32.3 Å². The topological polar surface area (TPSA) is 45.7 Å².